The fraction of sp³-hybridized carbons (Fsp3) is 0.116. The van der Waals surface area contributed by atoms with E-state index in [2.05, 4.69) is 41.7 Å². The minimum absolute atomic E-state index is 0.0617. The largest absolute Gasteiger partial charge is 0.478 e. The minimum atomic E-state index is -1.16. The maximum Gasteiger partial charge on any atom is 0.336 e. The average Bonchev–Trinajstić information content (AvgIpc) is 3.17. The SMILES string of the molecule is CC(C)(c1ccc(Oc2ccc(NOCc3ccccc3COO)cc2)cc1)c1ccc(Oc2ccc(NC(=O)c3ccccc3C(=O)O)cc2)cc1. The zero-order valence-electron chi connectivity index (χ0n) is 29.1. The lowest BCUT2D eigenvalue weighted by atomic mass is 9.78. The number of benzene rings is 6. The first-order valence-electron chi connectivity index (χ1n) is 16.8. The van der Waals surface area contributed by atoms with Crippen LogP contribution in [0.15, 0.2) is 146 Å². The Hall–Kier alpha value is -6.46. The first-order chi connectivity index (χ1) is 25.7. The number of rotatable bonds is 15. The van der Waals surface area contributed by atoms with Crippen LogP contribution in [0, 0.1) is 0 Å². The number of nitrogens with one attached hydrogen (secondary N) is 2. The summed E-state index contributed by atoms with van der Waals surface area (Å²) in [5.74, 6) is 0.973. The van der Waals surface area contributed by atoms with Crippen molar-refractivity contribution in [3.8, 4) is 23.0 Å². The standard InChI is InChI=1S/C43H38N2O8/c1-43(2,31-11-19-35(20-12-31)52-37-23-15-33(16-24-37)44-41(46)39-9-5-6-10-40(39)42(47)48)32-13-21-36(22-14-32)53-38-25-17-34(18-26-38)45-50-27-29-7-3-4-8-30(29)28-51-49/h3-26,45,49H,27-28H2,1-2H3,(H,44,46)(H,47,48). The Bertz CT molecular complexity index is 2150. The molecule has 4 N–H and O–H groups in total. The van der Waals surface area contributed by atoms with E-state index in [0.717, 1.165) is 27.9 Å². The number of ether oxygens (including phenoxy) is 2. The summed E-state index contributed by atoms with van der Waals surface area (Å²) in [6.45, 7) is 4.71. The number of carboxylic acid groups (broad SMARTS) is 1. The monoisotopic (exact) mass is 710 g/mol. The molecule has 0 aliphatic carbocycles. The van der Waals surface area contributed by atoms with Crippen LogP contribution in [0.3, 0.4) is 0 Å². The Morgan fingerprint density at radius 2 is 1.00 bits per heavy atom. The molecule has 268 valence electrons. The van der Waals surface area contributed by atoms with E-state index in [1.807, 2.05) is 84.9 Å². The number of anilines is 2. The van der Waals surface area contributed by atoms with E-state index >= 15 is 0 Å². The molecule has 10 heteroatoms. The van der Waals surface area contributed by atoms with Crippen LogP contribution in [0.25, 0.3) is 0 Å². The number of aromatic carboxylic acids is 1. The lowest BCUT2D eigenvalue weighted by Gasteiger charge is -2.26. The number of hydrogen-bond acceptors (Lipinski definition) is 8. The molecule has 0 aliphatic rings. The number of hydrogen-bond donors (Lipinski definition) is 4. The van der Waals surface area contributed by atoms with Crippen molar-refractivity contribution in [1.82, 2.24) is 0 Å². The van der Waals surface area contributed by atoms with Gasteiger partial charge in [-0.3, -0.25) is 20.4 Å². The molecule has 0 unspecified atom stereocenters. The number of carbonyl (C=O) groups is 2. The van der Waals surface area contributed by atoms with E-state index in [9.17, 15) is 14.7 Å². The summed E-state index contributed by atoms with van der Waals surface area (Å²) in [6.07, 6.45) is 0. The van der Waals surface area contributed by atoms with Crippen molar-refractivity contribution >= 4 is 23.3 Å². The van der Waals surface area contributed by atoms with Gasteiger partial charge in [-0.05, 0) is 107 Å². The zero-order chi connectivity index (χ0) is 37.2. The minimum Gasteiger partial charge on any atom is -0.478 e. The maximum atomic E-state index is 12.7. The third-order valence-corrected chi connectivity index (χ3v) is 8.75. The fourth-order valence-corrected chi connectivity index (χ4v) is 5.69. The Morgan fingerprint density at radius 3 is 1.49 bits per heavy atom. The van der Waals surface area contributed by atoms with Gasteiger partial charge in [-0.15, -0.1) is 0 Å². The summed E-state index contributed by atoms with van der Waals surface area (Å²) < 4.78 is 12.1. The van der Waals surface area contributed by atoms with Crippen molar-refractivity contribution < 1.29 is 39.2 Å². The van der Waals surface area contributed by atoms with Gasteiger partial charge in [0.1, 0.15) is 29.6 Å². The molecule has 0 radical (unpaired) electrons. The van der Waals surface area contributed by atoms with Crippen molar-refractivity contribution in [2.75, 3.05) is 10.8 Å². The first-order valence-corrected chi connectivity index (χ1v) is 16.8. The Balaban J connectivity index is 1.00. The number of amides is 1. The molecule has 53 heavy (non-hydrogen) atoms. The second kappa shape index (κ2) is 16.7. The average molecular weight is 711 g/mol. The lowest BCUT2D eigenvalue weighted by molar-refractivity contribution is -0.253. The van der Waals surface area contributed by atoms with Gasteiger partial charge in [0.2, 0.25) is 0 Å². The Morgan fingerprint density at radius 1 is 0.566 bits per heavy atom. The van der Waals surface area contributed by atoms with Gasteiger partial charge in [0.05, 0.1) is 23.4 Å². The summed E-state index contributed by atoms with van der Waals surface area (Å²) in [4.78, 5) is 34.1. The van der Waals surface area contributed by atoms with Crippen LogP contribution in [0.2, 0.25) is 0 Å². The molecule has 0 spiro atoms. The predicted octanol–water partition coefficient (Wildman–Crippen LogP) is 10.1. The molecule has 0 bridgehead atoms. The van der Waals surface area contributed by atoms with E-state index in [1.54, 1.807) is 36.4 Å². The molecule has 0 fully saturated rings. The van der Waals surface area contributed by atoms with Gasteiger partial charge in [0, 0.05) is 11.1 Å². The topological polar surface area (TPSA) is 136 Å². The van der Waals surface area contributed by atoms with Crippen LogP contribution in [-0.2, 0) is 28.4 Å². The highest BCUT2D eigenvalue weighted by atomic mass is 17.1. The summed E-state index contributed by atoms with van der Waals surface area (Å²) in [5, 5.41) is 20.9. The predicted molar refractivity (Wildman–Crippen MR) is 202 cm³/mol. The van der Waals surface area contributed by atoms with Crippen molar-refractivity contribution in [3.05, 3.63) is 179 Å². The van der Waals surface area contributed by atoms with Crippen molar-refractivity contribution in [3.63, 3.8) is 0 Å². The molecular weight excluding hydrogens is 672 g/mol. The van der Waals surface area contributed by atoms with Crippen LogP contribution in [-0.4, -0.2) is 22.2 Å². The van der Waals surface area contributed by atoms with Crippen LogP contribution < -0.4 is 20.3 Å². The Kier molecular flexibility index (Phi) is 11.5. The molecular formula is C43H38N2O8. The van der Waals surface area contributed by atoms with Gasteiger partial charge in [-0.2, -0.15) is 0 Å². The van der Waals surface area contributed by atoms with Gasteiger partial charge >= 0.3 is 5.97 Å². The smallest absolute Gasteiger partial charge is 0.336 e. The third-order valence-electron chi connectivity index (χ3n) is 8.75. The Labute approximate surface area is 307 Å². The normalized spacial score (nSPS) is 11.1. The van der Waals surface area contributed by atoms with Gasteiger partial charge in [-0.1, -0.05) is 74.5 Å². The molecule has 6 aromatic rings. The van der Waals surface area contributed by atoms with Gasteiger partial charge < -0.3 is 19.9 Å². The second-order valence-corrected chi connectivity index (χ2v) is 12.7. The van der Waals surface area contributed by atoms with Crippen LogP contribution in [0.4, 0.5) is 11.4 Å². The van der Waals surface area contributed by atoms with Crippen molar-refractivity contribution in [1.29, 1.82) is 0 Å². The highest BCUT2D eigenvalue weighted by Crippen LogP contribution is 2.35. The first kappa shape index (κ1) is 36.3. The van der Waals surface area contributed by atoms with Gasteiger partial charge in [0.15, 0.2) is 0 Å². The third kappa shape index (κ3) is 9.26. The van der Waals surface area contributed by atoms with E-state index < -0.39 is 11.9 Å². The highest BCUT2D eigenvalue weighted by molar-refractivity contribution is 6.10. The number of carboxylic acids is 1. The fourth-order valence-electron chi connectivity index (χ4n) is 5.69. The zero-order valence-corrected chi connectivity index (χ0v) is 29.1. The van der Waals surface area contributed by atoms with Crippen LogP contribution in [0.5, 0.6) is 23.0 Å². The van der Waals surface area contributed by atoms with Crippen LogP contribution >= 0.6 is 0 Å². The van der Waals surface area contributed by atoms with Gasteiger partial charge in [0.25, 0.3) is 5.91 Å². The van der Waals surface area contributed by atoms with E-state index in [1.165, 1.54) is 12.1 Å². The van der Waals surface area contributed by atoms with Crippen molar-refractivity contribution in [2.24, 2.45) is 0 Å². The highest BCUT2D eigenvalue weighted by Gasteiger charge is 2.23. The molecule has 6 aromatic carbocycles. The molecule has 6 rings (SSSR count). The summed E-state index contributed by atoms with van der Waals surface area (Å²) in [7, 11) is 0. The number of carbonyl (C=O) groups excluding carboxylic acids is 1. The molecule has 1 amide bonds. The molecule has 0 aliphatic heterocycles. The van der Waals surface area contributed by atoms with E-state index in [4.69, 9.17) is 19.6 Å². The summed E-state index contributed by atoms with van der Waals surface area (Å²) in [6, 6.07) is 43.9. The summed E-state index contributed by atoms with van der Waals surface area (Å²) >= 11 is 0. The molecule has 0 atom stereocenters. The van der Waals surface area contributed by atoms with Gasteiger partial charge in [-0.25, -0.2) is 9.68 Å². The van der Waals surface area contributed by atoms with E-state index in [0.29, 0.717) is 35.3 Å². The van der Waals surface area contributed by atoms with Crippen LogP contribution in [0.1, 0.15) is 56.8 Å². The summed E-state index contributed by atoms with van der Waals surface area (Å²) in [5.41, 5.74) is 7.90. The maximum absolute atomic E-state index is 12.7. The molecule has 0 saturated carbocycles. The molecule has 0 saturated heterocycles. The lowest BCUT2D eigenvalue weighted by Crippen LogP contribution is -2.18. The molecule has 0 aromatic heterocycles. The van der Waals surface area contributed by atoms with E-state index in [-0.39, 0.29) is 23.1 Å². The quantitative estimate of drug-likeness (QED) is 0.0606. The molecule has 10 nitrogen and oxygen atoms in total. The molecule has 0 heterocycles. The van der Waals surface area contributed by atoms with Crippen molar-refractivity contribution in [2.45, 2.75) is 32.5 Å². The second-order valence-electron chi connectivity index (χ2n) is 12.7.